The smallest absolute Gasteiger partial charge is 0.268 e. The lowest BCUT2D eigenvalue weighted by Crippen LogP contribution is -2.40. The first kappa shape index (κ1) is 14.3. The largest absolute Gasteiger partial charge is 0.344 e. The minimum atomic E-state index is -0.687. The SMILES string of the molecule is CC(=O)NC(C)(C)c1noc(-c2cc3c(nc4sccn43)s2)n1. The van der Waals surface area contributed by atoms with Gasteiger partial charge in [0.15, 0.2) is 10.8 Å². The molecule has 1 N–H and O–H groups in total. The minimum absolute atomic E-state index is 0.142. The molecule has 23 heavy (non-hydrogen) atoms. The number of amides is 1. The molecule has 4 heterocycles. The zero-order valence-electron chi connectivity index (χ0n) is 12.7. The fraction of sp³-hybridized carbons (Fsp3) is 0.286. The zero-order chi connectivity index (χ0) is 16.2. The van der Waals surface area contributed by atoms with Gasteiger partial charge in [-0.1, -0.05) is 5.16 Å². The Labute approximate surface area is 139 Å². The zero-order valence-corrected chi connectivity index (χ0v) is 14.3. The van der Waals surface area contributed by atoms with Crippen LogP contribution in [-0.4, -0.2) is 25.4 Å². The summed E-state index contributed by atoms with van der Waals surface area (Å²) in [5.74, 6) is 0.735. The number of rotatable bonds is 3. The quantitative estimate of drug-likeness (QED) is 0.616. The van der Waals surface area contributed by atoms with E-state index in [2.05, 4.69) is 20.4 Å². The van der Waals surface area contributed by atoms with E-state index in [1.54, 1.807) is 11.3 Å². The Morgan fingerprint density at radius 2 is 2.22 bits per heavy atom. The summed E-state index contributed by atoms with van der Waals surface area (Å²) in [7, 11) is 0. The minimum Gasteiger partial charge on any atom is -0.344 e. The first-order chi connectivity index (χ1) is 10.9. The maximum atomic E-state index is 11.3. The molecule has 0 aromatic carbocycles. The lowest BCUT2D eigenvalue weighted by atomic mass is 10.1. The van der Waals surface area contributed by atoms with Crippen LogP contribution >= 0.6 is 22.7 Å². The molecule has 0 saturated heterocycles. The number of imidazole rings is 1. The van der Waals surface area contributed by atoms with E-state index in [1.807, 2.05) is 35.9 Å². The van der Waals surface area contributed by atoms with Gasteiger partial charge in [-0.2, -0.15) is 4.98 Å². The molecule has 7 nitrogen and oxygen atoms in total. The summed E-state index contributed by atoms with van der Waals surface area (Å²) in [5, 5.41) is 8.81. The van der Waals surface area contributed by atoms with Crippen LogP contribution in [0.4, 0.5) is 0 Å². The number of carbonyl (C=O) groups excluding carboxylic acids is 1. The van der Waals surface area contributed by atoms with Crippen molar-refractivity contribution in [3.8, 4) is 10.8 Å². The highest BCUT2D eigenvalue weighted by atomic mass is 32.1. The highest BCUT2D eigenvalue weighted by molar-refractivity contribution is 7.22. The predicted octanol–water partition coefficient (Wildman–Crippen LogP) is 3.03. The second-order valence-electron chi connectivity index (χ2n) is 5.70. The number of nitrogens with zero attached hydrogens (tertiary/aromatic N) is 4. The third-order valence-corrected chi connectivity index (χ3v) is 5.19. The van der Waals surface area contributed by atoms with Crippen molar-refractivity contribution in [1.82, 2.24) is 24.8 Å². The molecule has 0 fully saturated rings. The summed E-state index contributed by atoms with van der Waals surface area (Å²) in [6.45, 7) is 5.13. The van der Waals surface area contributed by atoms with Crippen molar-refractivity contribution in [2.24, 2.45) is 0 Å². The molecule has 0 aliphatic carbocycles. The lowest BCUT2D eigenvalue weighted by molar-refractivity contribution is -0.120. The van der Waals surface area contributed by atoms with Crippen LogP contribution in [0.3, 0.4) is 0 Å². The average Bonchev–Trinajstić information content (AvgIpc) is 3.17. The van der Waals surface area contributed by atoms with Gasteiger partial charge < -0.3 is 9.84 Å². The second-order valence-corrected chi connectivity index (χ2v) is 7.60. The Hall–Kier alpha value is -2.26. The van der Waals surface area contributed by atoms with E-state index in [4.69, 9.17) is 4.52 Å². The molecule has 1 amide bonds. The Balaban J connectivity index is 1.73. The normalized spacial score (nSPS) is 12.3. The van der Waals surface area contributed by atoms with Gasteiger partial charge >= 0.3 is 0 Å². The van der Waals surface area contributed by atoms with Crippen LogP contribution in [0.1, 0.15) is 26.6 Å². The lowest BCUT2D eigenvalue weighted by Gasteiger charge is -2.20. The first-order valence-corrected chi connectivity index (χ1v) is 8.62. The molecule has 118 valence electrons. The van der Waals surface area contributed by atoms with Gasteiger partial charge in [0.25, 0.3) is 5.89 Å². The van der Waals surface area contributed by atoms with E-state index >= 15 is 0 Å². The monoisotopic (exact) mass is 347 g/mol. The number of thiophene rings is 1. The fourth-order valence-corrected chi connectivity index (χ4v) is 4.15. The average molecular weight is 347 g/mol. The van der Waals surface area contributed by atoms with Gasteiger partial charge in [0.2, 0.25) is 5.91 Å². The van der Waals surface area contributed by atoms with Crippen LogP contribution in [0, 0.1) is 0 Å². The summed E-state index contributed by atoms with van der Waals surface area (Å²) >= 11 is 3.11. The molecule has 9 heteroatoms. The number of fused-ring (bicyclic) bond motifs is 3. The standard InChI is InChI=1S/C14H13N5O2S2/c1-7(20)17-14(2,3)12-15-10(21-18-12)9-6-8-11(23-9)16-13-19(8)4-5-22-13/h4-6H,1-3H3,(H,17,20). The van der Waals surface area contributed by atoms with Crippen molar-refractivity contribution >= 4 is 43.9 Å². The van der Waals surface area contributed by atoms with Crippen molar-refractivity contribution in [2.45, 2.75) is 26.3 Å². The van der Waals surface area contributed by atoms with E-state index in [0.29, 0.717) is 11.7 Å². The molecule has 4 rings (SSSR count). The first-order valence-electron chi connectivity index (χ1n) is 6.92. The van der Waals surface area contributed by atoms with Crippen molar-refractivity contribution in [2.75, 3.05) is 0 Å². The van der Waals surface area contributed by atoms with Crippen LogP contribution in [0.25, 0.3) is 26.1 Å². The maximum Gasteiger partial charge on any atom is 0.268 e. The van der Waals surface area contributed by atoms with Gasteiger partial charge in [0.1, 0.15) is 4.83 Å². The van der Waals surface area contributed by atoms with Gasteiger partial charge in [-0.05, 0) is 19.9 Å². The molecule has 0 unspecified atom stereocenters. The Morgan fingerprint density at radius 3 is 3.00 bits per heavy atom. The molecule has 0 saturated carbocycles. The van der Waals surface area contributed by atoms with Crippen molar-refractivity contribution in [1.29, 1.82) is 0 Å². The number of carbonyl (C=O) groups is 1. The number of thiazole rings is 1. The molecule has 0 bridgehead atoms. The molecular weight excluding hydrogens is 334 g/mol. The third-order valence-electron chi connectivity index (χ3n) is 3.42. The van der Waals surface area contributed by atoms with Crippen molar-refractivity contribution < 1.29 is 9.32 Å². The highest BCUT2D eigenvalue weighted by Crippen LogP contribution is 2.34. The van der Waals surface area contributed by atoms with Crippen molar-refractivity contribution in [3.63, 3.8) is 0 Å². The van der Waals surface area contributed by atoms with Crippen LogP contribution in [-0.2, 0) is 10.3 Å². The topological polar surface area (TPSA) is 85.3 Å². The number of nitrogens with one attached hydrogen (secondary N) is 1. The van der Waals surface area contributed by atoms with Crippen LogP contribution < -0.4 is 5.32 Å². The van der Waals surface area contributed by atoms with Gasteiger partial charge in [0.05, 0.1) is 15.9 Å². The van der Waals surface area contributed by atoms with Gasteiger partial charge in [-0.3, -0.25) is 9.20 Å². The van der Waals surface area contributed by atoms with Gasteiger partial charge in [-0.15, -0.1) is 22.7 Å². The summed E-state index contributed by atoms with van der Waals surface area (Å²) < 4.78 is 7.41. The Kier molecular flexibility index (Phi) is 3.03. The number of aromatic nitrogens is 4. The van der Waals surface area contributed by atoms with E-state index in [-0.39, 0.29) is 5.91 Å². The van der Waals surface area contributed by atoms with E-state index in [1.165, 1.54) is 18.3 Å². The number of hydrogen-bond acceptors (Lipinski definition) is 7. The summed E-state index contributed by atoms with van der Waals surface area (Å²) in [6.07, 6.45) is 1.99. The summed E-state index contributed by atoms with van der Waals surface area (Å²) in [5.41, 5.74) is 0.342. The van der Waals surface area contributed by atoms with Crippen LogP contribution in [0.15, 0.2) is 22.2 Å². The molecule has 4 aromatic rings. The summed E-state index contributed by atoms with van der Waals surface area (Å²) in [6, 6.07) is 2.00. The fourth-order valence-electron chi connectivity index (χ4n) is 2.43. The van der Waals surface area contributed by atoms with Crippen LogP contribution in [0.5, 0.6) is 0 Å². The van der Waals surface area contributed by atoms with Gasteiger partial charge in [-0.25, -0.2) is 4.98 Å². The van der Waals surface area contributed by atoms with E-state index in [9.17, 15) is 4.79 Å². The molecule has 0 atom stereocenters. The van der Waals surface area contributed by atoms with Gasteiger partial charge in [0, 0.05) is 18.5 Å². The molecule has 0 radical (unpaired) electrons. The summed E-state index contributed by atoms with van der Waals surface area (Å²) in [4.78, 5) is 23.1. The highest BCUT2D eigenvalue weighted by Gasteiger charge is 2.28. The van der Waals surface area contributed by atoms with Crippen LogP contribution in [0.2, 0.25) is 0 Å². The van der Waals surface area contributed by atoms with Crippen molar-refractivity contribution in [3.05, 3.63) is 23.5 Å². The van der Waals surface area contributed by atoms with E-state index < -0.39 is 5.54 Å². The Morgan fingerprint density at radius 1 is 1.39 bits per heavy atom. The third kappa shape index (κ3) is 2.32. The second kappa shape index (κ2) is 4.87. The molecule has 0 aliphatic rings. The molecular formula is C14H13N5O2S2. The Bertz CT molecular complexity index is 1020. The number of hydrogen-bond donors (Lipinski definition) is 1. The molecule has 4 aromatic heterocycles. The molecule has 0 spiro atoms. The molecule has 0 aliphatic heterocycles. The van der Waals surface area contributed by atoms with E-state index in [0.717, 1.165) is 20.2 Å². The maximum absolute atomic E-state index is 11.3. The predicted molar refractivity (Wildman–Crippen MR) is 88.6 cm³/mol.